The van der Waals surface area contributed by atoms with E-state index >= 15 is 0 Å². The summed E-state index contributed by atoms with van der Waals surface area (Å²) in [5.74, 6) is -0.0334. The Morgan fingerprint density at radius 1 is 1.17 bits per heavy atom. The molecule has 1 heterocycles. The number of methoxy groups -OCH3 is 1. The van der Waals surface area contributed by atoms with Crippen LogP contribution in [-0.2, 0) is 17.9 Å². The number of hydrogen-bond acceptors (Lipinski definition) is 6. The van der Waals surface area contributed by atoms with Gasteiger partial charge in [0.25, 0.3) is 5.91 Å². The topological polar surface area (TPSA) is 124 Å². The molecule has 29 heavy (non-hydrogen) atoms. The first-order valence-electron chi connectivity index (χ1n) is 8.93. The zero-order valence-corrected chi connectivity index (χ0v) is 16.2. The normalized spacial score (nSPS) is 10.4. The number of carbonyl (C=O) groups excluding carboxylic acids is 2. The second-order valence-electron chi connectivity index (χ2n) is 6.43. The number of aromatic nitrogens is 3. The summed E-state index contributed by atoms with van der Waals surface area (Å²) in [6.07, 6.45) is 0. The fourth-order valence-corrected chi connectivity index (χ4v) is 2.67. The number of nitrogens with zero attached hydrogens (tertiary/aromatic N) is 3. The number of nitrogen functional groups attached to an aromatic ring is 1. The minimum atomic E-state index is -0.469. The molecule has 0 unspecified atom stereocenters. The van der Waals surface area contributed by atoms with Crippen LogP contribution in [-0.4, -0.2) is 33.9 Å². The lowest BCUT2D eigenvalue weighted by Gasteiger charge is -2.07. The number of nitrogens with two attached hydrogens (primary N) is 1. The third-order valence-corrected chi connectivity index (χ3v) is 4.20. The van der Waals surface area contributed by atoms with Crippen LogP contribution in [0.5, 0.6) is 5.75 Å². The smallest absolute Gasteiger partial charge is 0.275 e. The van der Waals surface area contributed by atoms with Gasteiger partial charge in [-0.05, 0) is 42.3 Å². The van der Waals surface area contributed by atoms with Gasteiger partial charge in [0.05, 0.1) is 7.11 Å². The van der Waals surface area contributed by atoms with E-state index in [1.54, 1.807) is 25.3 Å². The minimum Gasteiger partial charge on any atom is -0.497 e. The fraction of sp³-hybridized carbons (Fsp3) is 0.200. The molecule has 0 aliphatic heterocycles. The van der Waals surface area contributed by atoms with Crippen LogP contribution in [0.1, 0.15) is 21.6 Å². The van der Waals surface area contributed by atoms with Gasteiger partial charge in [0.15, 0.2) is 11.5 Å². The molecule has 2 amide bonds. The SMILES string of the molecule is COc1ccc(CNC(=O)c2nnn(CC(=O)Nc3cccc(C)c3)c2N)cc1. The monoisotopic (exact) mass is 394 g/mol. The van der Waals surface area contributed by atoms with Gasteiger partial charge in [0.2, 0.25) is 5.91 Å². The first-order valence-corrected chi connectivity index (χ1v) is 8.93. The Hall–Kier alpha value is -3.88. The van der Waals surface area contributed by atoms with Gasteiger partial charge in [-0.3, -0.25) is 9.59 Å². The van der Waals surface area contributed by atoms with Crippen LogP contribution in [0.4, 0.5) is 11.5 Å². The first-order chi connectivity index (χ1) is 14.0. The van der Waals surface area contributed by atoms with E-state index in [0.29, 0.717) is 12.2 Å². The Balaban J connectivity index is 1.58. The summed E-state index contributed by atoms with van der Waals surface area (Å²) < 4.78 is 6.29. The maximum Gasteiger partial charge on any atom is 0.275 e. The van der Waals surface area contributed by atoms with Gasteiger partial charge in [0, 0.05) is 12.2 Å². The maximum atomic E-state index is 12.4. The van der Waals surface area contributed by atoms with Crippen molar-refractivity contribution >= 4 is 23.3 Å². The summed E-state index contributed by atoms with van der Waals surface area (Å²) >= 11 is 0. The molecule has 0 aliphatic rings. The largest absolute Gasteiger partial charge is 0.497 e. The molecule has 0 aliphatic carbocycles. The van der Waals surface area contributed by atoms with Crippen LogP contribution in [0.25, 0.3) is 0 Å². The van der Waals surface area contributed by atoms with Gasteiger partial charge in [-0.25, -0.2) is 4.68 Å². The predicted octanol–water partition coefficient (Wildman–Crippen LogP) is 1.75. The molecule has 0 fully saturated rings. The Morgan fingerprint density at radius 2 is 1.93 bits per heavy atom. The average Bonchev–Trinajstić information content (AvgIpc) is 3.06. The molecule has 2 aromatic carbocycles. The van der Waals surface area contributed by atoms with Crippen molar-refractivity contribution in [3.05, 3.63) is 65.4 Å². The van der Waals surface area contributed by atoms with Crippen molar-refractivity contribution in [2.75, 3.05) is 18.2 Å². The van der Waals surface area contributed by atoms with E-state index in [0.717, 1.165) is 16.9 Å². The number of hydrogen-bond donors (Lipinski definition) is 3. The molecule has 0 saturated carbocycles. The van der Waals surface area contributed by atoms with Crippen molar-refractivity contribution in [1.29, 1.82) is 0 Å². The lowest BCUT2D eigenvalue weighted by molar-refractivity contribution is -0.116. The molecule has 150 valence electrons. The van der Waals surface area contributed by atoms with Gasteiger partial charge < -0.3 is 21.1 Å². The lowest BCUT2D eigenvalue weighted by Crippen LogP contribution is -2.25. The number of amides is 2. The third-order valence-electron chi connectivity index (χ3n) is 4.20. The van der Waals surface area contributed by atoms with Gasteiger partial charge in [-0.1, -0.05) is 29.5 Å². The molecule has 0 atom stereocenters. The summed E-state index contributed by atoms with van der Waals surface area (Å²) in [6, 6.07) is 14.7. The lowest BCUT2D eigenvalue weighted by atomic mass is 10.2. The Labute approximate surface area is 167 Å². The molecule has 3 rings (SSSR count). The summed E-state index contributed by atoms with van der Waals surface area (Å²) in [5, 5.41) is 13.1. The number of ether oxygens (including phenoxy) is 1. The Morgan fingerprint density at radius 3 is 2.62 bits per heavy atom. The standard InChI is InChI=1S/C20H22N6O3/c1-13-4-3-5-15(10-13)23-17(27)12-26-19(21)18(24-25-26)20(28)22-11-14-6-8-16(29-2)9-7-14/h3-10H,11-12,21H2,1-2H3,(H,22,28)(H,23,27). The van der Waals surface area contributed by atoms with Crippen LogP contribution in [0.15, 0.2) is 48.5 Å². The van der Waals surface area contributed by atoms with Crippen LogP contribution < -0.4 is 21.1 Å². The maximum absolute atomic E-state index is 12.4. The van der Waals surface area contributed by atoms with Crippen LogP contribution >= 0.6 is 0 Å². The van der Waals surface area contributed by atoms with E-state index in [-0.39, 0.29) is 24.0 Å². The van der Waals surface area contributed by atoms with Crippen molar-refractivity contribution in [3.8, 4) is 5.75 Å². The first kappa shape index (κ1) is 19.9. The molecule has 0 saturated heterocycles. The summed E-state index contributed by atoms with van der Waals surface area (Å²) in [6.45, 7) is 2.07. The summed E-state index contributed by atoms with van der Waals surface area (Å²) in [7, 11) is 1.59. The van der Waals surface area contributed by atoms with E-state index in [1.165, 1.54) is 4.68 Å². The van der Waals surface area contributed by atoms with Gasteiger partial charge >= 0.3 is 0 Å². The number of rotatable bonds is 7. The molecule has 0 radical (unpaired) electrons. The Bertz CT molecular complexity index is 1010. The number of carbonyl (C=O) groups is 2. The fourth-order valence-electron chi connectivity index (χ4n) is 2.67. The highest BCUT2D eigenvalue weighted by Gasteiger charge is 2.18. The molecular formula is C20H22N6O3. The van der Waals surface area contributed by atoms with Gasteiger partial charge in [-0.15, -0.1) is 5.10 Å². The van der Waals surface area contributed by atoms with Crippen LogP contribution in [0, 0.1) is 6.92 Å². The highest BCUT2D eigenvalue weighted by Crippen LogP contribution is 2.13. The molecule has 3 aromatic rings. The van der Waals surface area contributed by atoms with E-state index in [1.807, 2.05) is 37.3 Å². The number of nitrogens with one attached hydrogen (secondary N) is 2. The van der Waals surface area contributed by atoms with E-state index < -0.39 is 5.91 Å². The molecule has 0 spiro atoms. The second kappa shape index (κ2) is 8.87. The number of benzene rings is 2. The van der Waals surface area contributed by atoms with Crippen molar-refractivity contribution in [2.24, 2.45) is 0 Å². The average molecular weight is 394 g/mol. The molecule has 9 heteroatoms. The van der Waals surface area contributed by atoms with Crippen molar-refractivity contribution < 1.29 is 14.3 Å². The second-order valence-corrected chi connectivity index (χ2v) is 6.43. The predicted molar refractivity (Wildman–Crippen MR) is 108 cm³/mol. The van der Waals surface area contributed by atoms with Crippen molar-refractivity contribution in [2.45, 2.75) is 20.0 Å². The number of anilines is 2. The van der Waals surface area contributed by atoms with Crippen LogP contribution in [0.3, 0.4) is 0 Å². The van der Waals surface area contributed by atoms with Crippen LogP contribution in [0.2, 0.25) is 0 Å². The zero-order chi connectivity index (χ0) is 20.8. The highest BCUT2D eigenvalue weighted by atomic mass is 16.5. The van der Waals surface area contributed by atoms with E-state index in [9.17, 15) is 9.59 Å². The molecule has 1 aromatic heterocycles. The summed E-state index contributed by atoms with van der Waals surface area (Å²) in [5.41, 5.74) is 8.52. The minimum absolute atomic E-state index is 0.0247. The van der Waals surface area contributed by atoms with Crippen molar-refractivity contribution in [1.82, 2.24) is 20.3 Å². The molecule has 9 nitrogen and oxygen atoms in total. The number of aryl methyl sites for hydroxylation is 1. The quantitative estimate of drug-likeness (QED) is 0.561. The van der Waals surface area contributed by atoms with Crippen molar-refractivity contribution in [3.63, 3.8) is 0 Å². The third kappa shape index (κ3) is 5.10. The van der Waals surface area contributed by atoms with Gasteiger partial charge in [0.1, 0.15) is 12.3 Å². The summed E-state index contributed by atoms with van der Waals surface area (Å²) in [4.78, 5) is 24.6. The highest BCUT2D eigenvalue weighted by molar-refractivity contribution is 5.96. The van der Waals surface area contributed by atoms with Gasteiger partial charge in [-0.2, -0.15) is 0 Å². The molecular weight excluding hydrogens is 372 g/mol. The van der Waals surface area contributed by atoms with E-state index in [2.05, 4.69) is 20.9 Å². The van der Waals surface area contributed by atoms with E-state index in [4.69, 9.17) is 10.5 Å². The molecule has 0 bridgehead atoms. The Kier molecular flexibility index (Phi) is 6.08. The molecule has 4 N–H and O–H groups in total. The zero-order valence-electron chi connectivity index (χ0n) is 16.2.